The summed E-state index contributed by atoms with van der Waals surface area (Å²) >= 11 is 0. The van der Waals surface area contributed by atoms with Crippen molar-refractivity contribution in [1.29, 1.82) is 2.67 Å². The quantitative estimate of drug-likeness (QED) is 0.191. The van der Waals surface area contributed by atoms with Gasteiger partial charge in [0, 0.05) is 70.7 Å². The first-order valence-corrected chi connectivity index (χ1v) is 19.5. The maximum Gasteiger partial charge on any atom is 3.00 e. The fourth-order valence-electron chi connectivity index (χ4n) is 6.48. The number of nitrogens with zero attached hydrogens (tertiary/aromatic N) is 3. The van der Waals surface area contributed by atoms with Crippen LogP contribution in [0.3, 0.4) is 0 Å². The van der Waals surface area contributed by atoms with Gasteiger partial charge in [0.1, 0.15) is 11.5 Å². The van der Waals surface area contributed by atoms with Gasteiger partial charge in [-0.15, -0.1) is 0 Å². The van der Waals surface area contributed by atoms with E-state index in [0.29, 0.717) is 46.1 Å². The summed E-state index contributed by atoms with van der Waals surface area (Å²) in [4.78, 5) is 8.99. The number of hydrogen-bond acceptors (Lipinski definition) is 8. The Hall–Kier alpha value is -1.64. The van der Waals surface area contributed by atoms with E-state index in [4.69, 9.17) is 12.1 Å². The third kappa shape index (κ3) is 16.6. The standard InChI is InChI=1S/C33H53NO3.C7H13N3.C4H7O.CH3.BH2.Y/c1-30(2,3)24-16-22(28(35)26(18-24)32(7,8)9)20-34(14-15-37-13)21-23-17-25(31(4,5)6)19-27(29(23)36)33(10,11)12;1-3-8-7-9-4-2-6-10(7)5-1;1-2-4-5-3-1;;;/h16-19,35-36H,14-15,20-21H2,1-13H3;1-6H2,(H,8,9);3H,1-2,4H2;1H3;1H2;/q;;2*-1;;+3/i;;;;1TD;. The minimum atomic E-state index is -0.182. The van der Waals surface area contributed by atoms with Crippen molar-refractivity contribution in [2.45, 2.75) is 144 Å². The van der Waals surface area contributed by atoms with Crippen molar-refractivity contribution >= 4 is 14.3 Å². The second-order valence-corrected chi connectivity index (χ2v) is 18.8. The Balaban J connectivity index is 0.00000127. The van der Waals surface area contributed by atoms with Gasteiger partial charge in [0.05, 0.1) is 14.9 Å². The van der Waals surface area contributed by atoms with Crippen molar-refractivity contribution in [1.82, 2.24) is 15.1 Å². The number of phenols is 2. The van der Waals surface area contributed by atoms with E-state index >= 15 is 0 Å². The first-order chi connectivity index (χ1) is 25.5. The molecule has 3 aliphatic heterocycles. The number of benzene rings is 2. The molecular formula is C45H78BN4O4Y+. The Morgan fingerprint density at radius 2 is 1.36 bits per heavy atom. The predicted molar refractivity (Wildman–Crippen MR) is 233 cm³/mol. The van der Waals surface area contributed by atoms with Crippen molar-refractivity contribution in [2.24, 2.45) is 4.99 Å². The zero-order valence-corrected chi connectivity index (χ0v) is 40.1. The van der Waals surface area contributed by atoms with E-state index in [1.54, 1.807) is 7.11 Å². The number of ether oxygens (including phenoxy) is 2. The molecule has 0 unspecified atom stereocenters. The fraction of sp³-hybridized carbons (Fsp3) is 0.667. The molecule has 0 spiro atoms. The van der Waals surface area contributed by atoms with Gasteiger partial charge in [-0.25, -0.2) is 6.61 Å². The summed E-state index contributed by atoms with van der Waals surface area (Å²) in [5, 5.41) is 26.1. The van der Waals surface area contributed by atoms with Crippen molar-refractivity contribution in [3.63, 3.8) is 0 Å². The largest absolute Gasteiger partial charge is 3.00 e. The topological polar surface area (TPSA) is 89.8 Å². The van der Waals surface area contributed by atoms with E-state index in [2.05, 4.69) is 127 Å². The van der Waals surface area contributed by atoms with Gasteiger partial charge in [-0.2, -0.15) is 6.42 Å². The summed E-state index contributed by atoms with van der Waals surface area (Å²) in [7, 11) is 2.21. The molecular weight excluding hydrogens is 760 g/mol. The molecule has 2 aromatic rings. The van der Waals surface area contributed by atoms with Crippen molar-refractivity contribution in [3.05, 3.63) is 71.7 Å². The molecule has 1 radical (unpaired) electrons. The summed E-state index contributed by atoms with van der Waals surface area (Å²) in [5.41, 5.74) is 5.74. The average Bonchev–Trinajstić information content (AvgIpc) is 3.68. The van der Waals surface area contributed by atoms with Crippen LogP contribution < -0.4 is 5.32 Å². The Morgan fingerprint density at radius 1 is 0.873 bits per heavy atom. The molecule has 8 nitrogen and oxygen atoms in total. The fourth-order valence-corrected chi connectivity index (χ4v) is 6.48. The van der Waals surface area contributed by atoms with Crippen molar-refractivity contribution < 1.29 is 52.4 Å². The maximum absolute atomic E-state index is 11.4. The number of fused-ring (bicyclic) bond motifs is 1. The zero-order chi connectivity index (χ0) is 41.6. The summed E-state index contributed by atoms with van der Waals surface area (Å²) in [6.45, 7) is 35.8. The van der Waals surface area contributed by atoms with Crippen LogP contribution in [0.2, 0.25) is 0 Å². The molecule has 0 bridgehead atoms. The van der Waals surface area contributed by atoms with Gasteiger partial charge in [-0.3, -0.25) is 9.89 Å². The van der Waals surface area contributed by atoms with Crippen LogP contribution in [-0.2, 0) is 76.9 Å². The van der Waals surface area contributed by atoms with E-state index in [0.717, 1.165) is 54.3 Å². The summed E-state index contributed by atoms with van der Waals surface area (Å²) in [6.07, 6.45) is 4.87. The minimum Gasteiger partial charge on any atom is -0.552 e. The normalized spacial score (nSPS) is 16.0. The summed E-state index contributed by atoms with van der Waals surface area (Å²) in [6, 6.07) is 8.62. The third-order valence-corrected chi connectivity index (χ3v) is 9.86. The van der Waals surface area contributed by atoms with Gasteiger partial charge < -0.3 is 37.3 Å². The van der Waals surface area contributed by atoms with Gasteiger partial charge in [-0.1, -0.05) is 114 Å². The predicted octanol–water partition coefficient (Wildman–Crippen LogP) is 8.47. The number of hydrogen-bond donors (Lipinski definition) is 3. The van der Waals surface area contributed by atoms with Crippen LogP contribution >= 0.6 is 0 Å². The van der Waals surface area contributed by atoms with Crippen molar-refractivity contribution in [2.75, 3.05) is 53.0 Å². The molecule has 0 amide bonds. The SMILES string of the molecule is C1CN=C2NCCCN2C1.COCCN(Cc1cc(C(C)(C)C)cc(C(C)(C)C)c1O)Cc1cc(C(C)(C)C)cc(C(C)(C)C)c1O.[2H][B][3H].[CH-]1CCCO1.[CH3-].[Y+3]. The Labute approximate surface area is 367 Å². The molecule has 0 saturated carbocycles. The molecule has 3 aliphatic rings. The zero-order valence-electron chi connectivity index (χ0n) is 39.3. The van der Waals surface area contributed by atoms with Gasteiger partial charge in [0.25, 0.3) is 0 Å². The minimum absolute atomic E-state index is 0. The number of phenolic OH excluding ortho intramolecular Hbond substituents is 2. The monoisotopic (exact) mass is 842 g/mol. The number of guanidine groups is 1. The van der Waals surface area contributed by atoms with Crippen LogP contribution in [-0.4, -0.2) is 90.0 Å². The molecule has 55 heavy (non-hydrogen) atoms. The van der Waals surface area contributed by atoms with E-state index in [-0.39, 0.29) is 61.8 Å². The van der Waals surface area contributed by atoms with Crippen LogP contribution in [0, 0.1) is 14.0 Å². The molecule has 5 rings (SSSR count). The van der Waals surface area contributed by atoms with Crippen molar-refractivity contribution in [3.8, 4) is 11.5 Å². The van der Waals surface area contributed by atoms with Crippen LogP contribution in [0.15, 0.2) is 29.3 Å². The Morgan fingerprint density at radius 3 is 1.73 bits per heavy atom. The van der Waals surface area contributed by atoms with Gasteiger partial charge in [-0.05, 0) is 59.4 Å². The molecule has 0 aliphatic carbocycles. The molecule has 307 valence electrons. The molecule has 2 aromatic carbocycles. The number of aromatic hydroxyl groups is 2. The van der Waals surface area contributed by atoms with E-state index in [9.17, 15) is 10.2 Å². The van der Waals surface area contributed by atoms with E-state index in [1.807, 2.05) is 6.61 Å². The average molecular weight is 842 g/mol. The van der Waals surface area contributed by atoms with E-state index < -0.39 is 0 Å². The Bertz CT molecular complexity index is 1410. The number of aliphatic imine (C=N–C) groups is 1. The molecule has 10 heteroatoms. The Kier molecular flexibility index (Phi) is 20.8. The van der Waals surface area contributed by atoms with Gasteiger partial charge in [0.15, 0.2) is 5.96 Å². The first-order valence-electron chi connectivity index (χ1n) is 20.7. The smallest absolute Gasteiger partial charge is 0.552 e. The van der Waals surface area contributed by atoms with Gasteiger partial charge >= 0.3 is 32.7 Å². The maximum atomic E-state index is 11.4. The molecule has 0 atom stereocenters. The van der Waals surface area contributed by atoms with Gasteiger partial charge in [0.2, 0.25) is 0 Å². The number of methoxy groups -OCH3 is 1. The molecule has 3 N–H and O–H groups in total. The van der Waals surface area contributed by atoms with Crippen LogP contribution in [0.5, 0.6) is 11.5 Å². The molecule has 3 heterocycles. The van der Waals surface area contributed by atoms with Crippen LogP contribution in [0.25, 0.3) is 0 Å². The summed E-state index contributed by atoms with van der Waals surface area (Å²) < 4.78 is 21.8. The van der Waals surface area contributed by atoms with Crippen LogP contribution in [0.1, 0.15) is 142 Å². The first kappa shape index (κ1) is 49.5. The summed E-state index contributed by atoms with van der Waals surface area (Å²) in [5.74, 6) is 1.87. The second-order valence-electron chi connectivity index (χ2n) is 18.8. The third-order valence-electron chi connectivity index (χ3n) is 9.86. The molecule has 2 saturated heterocycles. The number of rotatable bonds is 7. The molecule has 2 fully saturated rings. The van der Waals surface area contributed by atoms with Crippen LogP contribution in [0.4, 0.5) is 0 Å². The second kappa shape index (κ2) is 23.1. The number of nitrogens with one attached hydrogen (secondary N) is 1. The molecule has 0 aromatic heterocycles. The van der Waals surface area contributed by atoms with E-state index in [1.165, 1.54) is 43.5 Å².